The van der Waals surface area contributed by atoms with Crippen LogP contribution in [0.3, 0.4) is 0 Å². The number of carbonyl (C=O) groups excluding carboxylic acids is 1. The van der Waals surface area contributed by atoms with Crippen molar-refractivity contribution in [3.8, 4) is 5.75 Å². The van der Waals surface area contributed by atoms with Crippen LogP contribution in [0.2, 0.25) is 0 Å². The number of benzene rings is 2. The number of aryl methyl sites for hydroxylation is 1. The first-order valence-electron chi connectivity index (χ1n) is 7.36. The van der Waals surface area contributed by atoms with Gasteiger partial charge in [-0.05, 0) is 48.7 Å². The number of amides is 1. The molecule has 1 amide bonds. The van der Waals surface area contributed by atoms with Gasteiger partial charge in [-0.3, -0.25) is 4.79 Å². The zero-order valence-electron chi connectivity index (χ0n) is 13.6. The molecular formula is C18H23ClN2O2. The van der Waals surface area contributed by atoms with Crippen molar-refractivity contribution in [3.05, 3.63) is 59.2 Å². The van der Waals surface area contributed by atoms with Crippen LogP contribution in [-0.4, -0.2) is 13.0 Å². The van der Waals surface area contributed by atoms with Gasteiger partial charge in [-0.25, -0.2) is 0 Å². The minimum Gasteiger partial charge on any atom is -0.497 e. The van der Waals surface area contributed by atoms with Crippen LogP contribution in [-0.2, 0) is 0 Å². The summed E-state index contributed by atoms with van der Waals surface area (Å²) in [6, 6.07) is 13.1. The average molecular weight is 335 g/mol. The molecule has 0 saturated heterocycles. The third kappa shape index (κ3) is 4.63. The van der Waals surface area contributed by atoms with Crippen LogP contribution in [0, 0.1) is 6.92 Å². The van der Waals surface area contributed by atoms with E-state index in [1.807, 2.05) is 44.2 Å². The summed E-state index contributed by atoms with van der Waals surface area (Å²) in [5.74, 6) is 0.698. The standard InChI is InChI=1S/C18H22N2O2.ClH/c1-4-17(13-6-9-15(22-3)10-7-13)20-18(21)16-11-14(19)8-5-12(16)2;/h5-11,17H,4,19H2,1-3H3,(H,20,21);1H. The number of anilines is 1. The molecule has 2 aromatic carbocycles. The molecule has 5 heteroatoms. The van der Waals surface area contributed by atoms with Crippen molar-refractivity contribution in [1.82, 2.24) is 5.32 Å². The number of carbonyl (C=O) groups is 1. The van der Waals surface area contributed by atoms with Gasteiger partial charge < -0.3 is 15.8 Å². The second-order valence-corrected chi connectivity index (χ2v) is 5.28. The quantitative estimate of drug-likeness (QED) is 0.815. The van der Waals surface area contributed by atoms with Gasteiger partial charge in [0.1, 0.15) is 5.75 Å². The third-order valence-electron chi connectivity index (χ3n) is 3.74. The molecule has 23 heavy (non-hydrogen) atoms. The minimum absolute atomic E-state index is 0. The number of nitrogens with two attached hydrogens (primary N) is 1. The Balaban J connectivity index is 0.00000264. The second-order valence-electron chi connectivity index (χ2n) is 5.28. The Hall–Kier alpha value is -2.20. The molecule has 1 unspecified atom stereocenters. The van der Waals surface area contributed by atoms with E-state index in [4.69, 9.17) is 10.5 Å². The lowest BCUT2D eigenvalue weighted by molar-refractivity contribution is 0.0935. The summed E-state index contributed by atoms with van der Waals surface area (Å²) >= 11 is 0. The number of ether oxygens (including phenoxy) is 1. The van der Waals surface area contributed by atoms with Gasteiger partial charge in [0.15, 0.2) is 0 Å². The van der Waals surface area contributed by atoms with E-state index < -0.39 is 0 Å². The van der Waals surface area contributed by atoms with Crippen LogP contribution in [0.1, 0.15) is 40.9 Å². The average Bonchev–Trinajstić information content (AvgIpc) is 2.54. The molecule has 0 aliphatic rings. The fourth-order valence-corrected chi connectivity index (χ4v) is 2.38. The molecule has 0 aromatic heterocycles. The van der Waals surface area contributed by atoms with Gasteiger partial charge in [0, 0.05) is 11.3 Å². The molecule has 0 saturated carbocycles. The number of rotatable bonds is 5. The van der Waals surface area contributed by atoms with Gasteiger partial charge in [-0.15, -0.1) is 12.4 Å². The number of hydrogen-bond acceptors (Lipinski definition) is 3. The maximum atomic E-state index is 12.5. The van der Waals surface area contributed by atoms with Crippen molar-refractivity contribution in [3.63, 3.8) is 0 Å². The zero-order chi connectivity index (χ0) is 16.1. The second kappa shape index (κ2) is 8.44. The van der Waals surface area contributed by atoms with Crippen LogP contribution < -0.4 is 15.8 Å². The van der Waals surface area contributed by atoms with E-state index in [-0.39, 0.29) is 24.4 Å². The Kier molecular flexibility index (Phi) is 6.91. The summed E-state index contributed by atoms with van der Waals surface area (Å²) in [4.78, 5) is 12.5. The summed E-state index contributed by atoms with van der Waals surface area (Å²) < 4.78 is 5.16. The lowest BCUT2D eigenvalue weighted by Crippen LogP contribution is -2.28. The monoisotopic (exact) mass is 334 g/mol. The van der Waals surface area contributed by atoms with Gasteiger partial charge in [-0.2, -0.15) is 0 Å². The predicted molar refractivity (Wildman–Crippen MR) is 96.3 cm³/mol. The zero-order valence-corrected chi connectivity index (χ0v) is 14.4. The highest BCUT2D eigenvalue weighted by Gasteiger charge is 2.16. The highest BCUT2D eigenvalue weighted by Crippen LogP contribution is 2.21. The lowest BCUT2D eigenvalue weighted by atomic mass is 10.0. The Bertz CT molecular complexity index is 657. The Morgan fingerprint density at radius 2 is 1.87 bits per heavy atom. The van der Waals surface area contributed by atoms with Gasteiger partial charge in [0.25, 0.3) is 5.91 Å². The normalized spacial score (nSPS) is 11.3. The molecule has 2 rings (SSSR count). The molecule has 2 aromatic rings. The van der Waals surface area contributed by atoms with E-state index in [1.165, 1.54) is 0 Å². The molecule has 4 nitrogen and oxygen atoms in total. The first-order chi connectivity index (χ1) is 10.5. The molecule has 0 radical (unpaired) electrons. The van der Waals surface area contributed by atoms with Crippen molar-refractivity contribution in [1.29, 1.82) is 0 Å². The first-order valence-corrected chi connectivity index (χ1v) is 7.36. The Labute approximate surface area is 143 Å². The van der Waals surface area contributed by atoms with Gasteiger partial charge in [0.2, 0.25) is 0 Å². The highest BCUT2D eigenvalue weighted by atomic mass is 35.5. The molecule has 0 spiro atoms. The smallest absolute Gasteiger partial charge is 0.252 e. The van der Waals surface area contributed by atoms with Gasteiger partial charge >= 0.3 is 0 Å². The summed E-state index contributed by atoms with van der Waals surface area (Å²) in [6.07, 6.45) is 0.805. The van der Waals surface area contributed by atoms with Crippen molar-refractivity contribution in [2.24, 2.45) is 0 Å². The van der Waals surface area contributed by atoms with E-state index in [0.29, 0.717) is 11.3 Å². The summed E-state index contributed by atoms with van der Waals surface area (Å²) in [6.45, 7) is 3.95. The molecule has 0 heterocycles. The number of hydrogen-bond donors (Lipinski definition) is 2. The van der Waals surface area contributed by atoms with Crippen molar-refractivity contribution < 1.29 is 9.53 Å². The van der Waals surface area contributed by atoms with Crippen LogP contribution >= 0.6 is 12.4 Å². The molecule has 0 fully saturated rings. The minimum atomic E-state index is -0.104. The molecule has 0 aliphatic carbocycles. The highest BCUT2D eigenvalue weighted by molar-refractivity contribution is 5.96. The van der Waals surface area contributed by atoms with Gasteiger partial charge in [0.05, 0.1) is 13.2 Å². The van der Waals surface area contributed by atoms with Crippen molar-refractivity contribution in [2.75, 3.05) is 12.8 Å². The number of methoxy groups -OCH3 is 1. The molecular weight excluding hydrogens is 312 g/mol. The van der Waals surface area contributed by atoms with E-state index in [1.54, 1.807) is 19.2 Å². The van der Waals surface area contributed by atoms with Crippen LogP contribution in [0.5, 0.6) is 5.75 Å². The van der Waals surface area contributed by atoms with Gasteiger partial charge in [-0.1, -0.05) is 25.1 Å². The molecule has 124 valence electrons. The maximum Gasteiger partial charge on any atom is 0.252 e. The van der Waals surface area contributed by atoms with E-state index in [0.717, 1.165) is 23.3 Å². The fraction of sp³-hybridized carbons (Fsp3) is 0.278. The summed E-state index contributed by atoms with van der Waals surface area (Å²) in [5, 5.41) is 3.07. The van der Waals surface area contributed by atoms with E-state index in [9.17, 15) is 4.79 Å². The van der Waals surface area contributed by atoms with E-state index >= 15 is 0 Å². The molecule has 1 atom stereocenters. The van der Waals surface area contributed by atoms with Crippen LogP contribution in [0.25, 0.3) is 0 Å². The molecule has 0 bridgehead atoms. The topological polar surface area (TPSA) is 64.4 Å². The Morgan fingerprint density at radius 1 is 1.22 bits per heavy atom. The predicted octanol–water partition coefficient (Wildman–Crippen LogP) is 3.89. The summed E-state index contributed by atoms with van der Waals surface area (Å²) in [7, 11) is 1.64. The number of nitrogens with one attached hydrogen (secondary N) is 1. The maximum absolute atomic E-state index is 12.5. The van der Waals surface area contributed by atoms with Crippen LogP contribution in [0.15, 0.2) is 42.5 Å². The van der Waals surface area contributed by atoms with Crippen LogP contribution in [0.4, 0.5) is 5.69 Å². The third-order valence-corrected chi connectivity index (χ3v) is 3.74. The number of halogens is 1. The lowest BCUT2D eigenvalue weighted by Gasteiger charge is -2.18. The molecule has 0 aliphatic heterocycles. The largest absolute Gasteiger partial charge is 0.497 e. The first kappa shape index (κ1) is 18.8. The number of nitrogen functional groups attached to an aromatic ring is 1. The van der Waals surface area contributed by atoms with Crippen molar-refractivity contribution >= 4 is 24.0 Å². The Morgan fingerprint density at radius 3 is 2.43 bits per heavy atom. The summed E-state index contributed by atoms with van der Waals surface area (Å²) in [5.41, 5.74) is 8.95. The SMILES string of the molecule is CCC(NC(=O)c1cc(N)ccc1C)c1ccc(OC)cc1.Cl. The van der Waals surface area contributed by atoms with Crippen molar-refractivity contribution in [2.45, 2.75) is 26.3 Å². The molecule has 3 N–H and O–H groups in total. The fourth-order valence-electron chi connectivity index (χ4n) is 2.38. The van der Waals surface area contributed by atoms with E-state index in [2.05, 4.69) is 5.32 Å².